The van der Waals surface area contributed by atoms with E-state index in [0.29, 0.717) is 25.3 Å². The minimum Gasteiger partial charge on any atom is -0.481 e. The van der Waals surface area contributed by atoms with Gasteiger partial charge < -0.3 is 15.7 Å². The van der Waals surface area contributed by atoms with Crippen LogP contribution < -0.4 is 5.73 Å². The minimum absolute atomic E-state index is 0.0574. The lowest BCUT2D eigenvalue weighted by molar-refractivity contribution is -0.137. The van der Waals surface area contributed by atoms with Gasteiger partial charge in [-0.15, -0.1) is 0 Å². The summed E-state index contributed by atoms with van der Waals surface area (Å²) in [6.07, 6.45) is 5.83. The van der Waals surface area contributed by atoms with Crippen LogP contribution in [0.25, 0.3) is 10.4 Å². The van der Waals surface area contributed by atoms with E-state index >= 15 is 0 Å². The molecule has 11 heteroatoms. The number of hydrogen-bond donors (Lipinski definition) is 2. The number of nitrogens with zero attached hydrogens (tertiary/aromatic N) is 5. The van der Waals surface area contributed by atoms with Gasteiger partial charge >= 0.3 is 18.0 Å². The van der Waals surface area contributed by atoms with E-state index < -0.39 is 12.0 Å². The summed E-state index contributed by atoms with van der Waals surface area (Å²) in [6.45, 7) is 1.05. The van der Waals surface area contributed by atoms with Crippen LogP contribution in [0.15, 0.2) is 5.11 Å². The minimum atomic E-state index is -0.796. The molecule has 0 saturated carbocycles. The van der Waals surface area contributed by atoms with Gasteiger partial charge in [0.25, 0.3) is 0 Å². The molecule has 156 valence electrons. The fourth-order valence-electron chi connectivity index (χ4n) is 3.95. The third-order valence-corrected chi connectivity index (χ3v) is 6.71. The van der Waals surface area contributed by atoms with Crippen molar-refractivity contribution in [2.45, 2.75) is 68.7 Å². The highest BCUT2D eigenvalue weighted by atomic mass is 32.2. The maximum atomic E-state index is 12.7. The molecule has 2 fully saturated rings. The molecule has 2 saturated heterocycles. The first kappa shape index (κ1) is 22.2. The monoisotopic (exact) mass is 412 g/mol. The Labute approximate surface area is 168 Å². The number of nitrogens with two attached hydrogens (primary N) is 1. The van der Waals surface area contributed by atoms with Crippen molar-refractivity contribution < 1.29 is 19.5 Å². The topological polar surface area (TPSA) is 153 Å². The predicted octanol–water partition coefficient (Wildman–Crippen LogP) is 3.17. The van der Waals surface area contributed by atoms with Crippen LogP contribution in [-0.4, -0.2) is 69.1 Å². The smallest absolute Gasteiger partial charge is 0.328 e. The Balaban J connectivity index is 1.90. The first-order chi connectivity index (χ1) is 13.5. The number of carboxylic acids is 1. The molecule has 0 aromatic heterocycles. The summed E-state index contributed by atoms with van der Waals surface area (Å²) in [5.74, 6) is -0.124. The molecule has 0 radical (unpaired) electrons. The number of azide groups is 1. The number of urea groups is 2. The normalized spacial score (nSPS) is 23.6. The van der Waals surface area contributed by atoms with Crippen LogP contribution in [0.1, 0.15) is 51.4 Å². The van der Waals surface area contributed by atoms with Crippen molar-refractivity contribution in [3.63, 3.8) is 0 Å². The van der Waals surface area contributed by atoms with Crippen LogP contribution in [0.2, 0.25) is 0 Å². The van der Waals surface area contributed by atoms with Crippen LogP contribution in [-0.2, 0) is 4.79 Å². The van der Waals surface area contributed by atoms with Gasteiger partial charge in [0, 0.05) is 35.4 Å². The average Bonchev–Trinajstić information content (AvgIpc) is 3.15. The largest absolute Gasteiger partial charge is 0.481 e. The molecule has 0 unspecified atom stereocenters. The molecule has 2 heterocycles. The van der Waals surface area contributed by atoms with E-state index in [0.717, 1.165) is 38.5 Å². The van der Waals surface area contributed by atoms with E-state index in [9.17, 15) is 14.4 Å². The fraction of sp³-hybridized carbons (Fsp3) is 0.824. The zero-order valence-corrected chi connectivity index (χ0v) is 16.7. The predicted molar refractivity (Wildman–Crippen MR) is 106 cm³/mol. The Hall–Kier alpha value is -2.13. The summed E-state index contributed by atoms with van der Waals surface area (Å²) in [7, 11) is 0. The van der Waals surface area contributed by atoms with Crippen molar-refractivity contribution >= 4 is 29.8 Å². The quantitative estimate of drug-likeness (QED) is 0.166. The number of aliphatic carboxylic acids is 1. The lowest BCUT2D eigenvalue weighted by Crippen LogP contribution is -2.44. The van der Waals surface area contributed by atoms with Gasteiger partial charge in [0.2, 0.25) is 0 Å². The number of imide groups is 1. The summed E-state index contributed by atoms with van der Waals surface area (Å²) in [4.78, 5) is 40.9. The summed E-state index contributed by atoms with van der Waals surface area (Å²) in [6, 6.07) is -1.28. The molecule has 2 aliphatic heterocycles. The second-order valence-electron chi connectivity index (χ2n) is 7.12. The fourth-order valence-corrected chi connectivity index (χ4v) is 5.60. The number of carbonyl (C=O) groups is 3. The van der Waals surface area contributed by atoms with Gasteiger partial charge in [-0.25, -0.2) is 14.5 Å². The lowest BCUT2D eigenvalue weighted by Gasteiger charge is -2.27. The number of amides is 4. The van der Waals surface area contributed by atoms with Crippen LogP contribution in [0, 0.1) is 0 Å². The number of unbranched alkanes of at least 4 members (excludes halogenated alkanes) is 4. The number of primary amides is 1. The number of thioether (sulfide) groups is 1. The van der Waals surface area contributed by atoms with Crippen molar-refractivity contribution in [1.29, 1.82) is 0 Å². The average molecular weight is 413 g/mol. The number of fused-ring (bicyclic) bond motifs is 1. The highest BCUT2D eigenvalue weighted by molar-refractivity contribution is 8.00. The maximum absolute atomic E-state index is 12.7. The Morgan fingerprint density at radius 1 is 1.25 bits per heavy atom. The van der Waals surface area contributed by atoms with Gasteiger partial charge in [-0.05, 0) is 31.2 Å². The standard InChI is InChI=1S/C17H28N6O4S/c18-16(26)23-12-11-28-13(7-3-4-8-14(24)25)15(12)22(17(23)27)10-6-2-1-5-9-20-21-19/h12-13,15H,1-11H2,(H2,18,26)(H,24,25)/t12-,13-,15-/m1/s1. The molecule has 2 rings (SSSR count). The molecular weight excluding hydrogens is 384 g/mol. The second-order valence-corrected chi connectivity index (χ2v) is 8.39. The van der Waals surface area contributed by atoms with E-state index in [2.05, 4.69) is 10.0 Å². The van der Waals surface area contributed by atoms with E-state index in [-0.39, 0.29) is 29.8 Å². The summed E-state index contributed by atoms with van der Waals surface area (Å²) in [5.41, 5.74) is 13.7. The molecule has 3 atom stereocenters. The van der Waals surface area contributed by atoms with Crippen molar-refractivity contribution in [2.75, 3.05) is 18.8 Å². The third kappa shape index (κ3) is 5.68. The van der Waals surface area contributed by atoms with E-state index in [4.69, 9.17) is 16.4 Å². The first-order valence-corrected chi connectivity index (χ1v) is 10.8. The van der Waals surface area contributed by atoms with E-state index in [1.807, 2.05) is 0 Å². The summed E-state index contributed by atoms with van der Waals surface area (Å²) >= 11 is 1.74. The number of hydrogen-bond acceptors (Lipinski definition) is 5. The van der Waals surface area contributed by atoms with E-state index in [1.165, 1.54) is 4.90 Å². The summed E-state index contributed by atoms with van der Waals surface area (Å²) < 4.78 is 0. The van der Waals surface area contributed by atoms with Crippen molar-refractivity contribution in [3.05, 3.63) is 10.4 Å². The molecule has 0 aromatic carbocycles. The Morgan fingerprint density at radius 2 is 2.00 bits per heavy atom. The van der Waals surface area contributed by atoms with Crippen LogP contribution in [0.5, 0.6) is 0 Å². The molecule has 0 aliphatic carbocycles. The Morgan fingerprint density at radius 3 is 2.68 bits per heavy atom. The van der Waals surface area contributed by atoms with Crippen molar-refractivity contribution in [2.24, 2.45) is 10.8 Å². The molecule has 0 aromatic rings. The zero-order chi connectivity index (χ0) is 20.5. The van der Waals surface area contributed by atoms with Crippen LogP contribution in [0.4, 0.5) is 9.59 Å². The SMILES string of the molecule is [N-]=[N+]=NCCCCCCN1C(=O)N(C(N)=O)[C@@H]2CS[C@H](CCCCC(=O)O)[C@@H]21. The third-order valence-electron chi connectivity index (χ3n) is 5.24. The number of carboxylic acid groups (broad SMARTS) is 1. The van der Waals surface area contributed by atoms with Crippen LogP contribution in [0.3, 0.4) is 0 Å². The lowest BCUT2D eigenvalue weighted by atomic mass is 10.0. The van der Waals surface area contributed by atoms with Gasteiger partial charge in [-0.2, -0.15) is 11.8 Å². The molecule has 4 amide bonds. The zero-order valence-electron chi connectivity index (χ0n) is 15.9. The Bertz CT molecular complexity index is 627. The van der Waals surface area contributed by atoms with Crippen molar-refractivity contribution in [3.8, 4) is 0 Å². The van der Waals surface area contributed by atoms with Gasteiger partial charge in [0.05, 0.1) is 12.1 Å². The van der Waals surface area contributed by atoms with Crippen molar-refractivity contribution in [1.82, 2.24) is 9.80 Å². The molecule has 0 bridgehead atoms. The molecule has 28 heavy (non-hydrogen) atoms. The molecular formula is C17H28N6O4S. The Kier molecular flexibility index (Phi) is 8.72. The summed E-state index contributed by atoms with van der Waals surface area (Å²) in [5, 5.41) is 12.5. The van der Waals surface area contributed by atoms with Crippen LogP contribution >= 0.6 is 11.8 Å². The second kappa shape index (κ2) is 11.0. The molecule has 3 N–H and O–H groups in total. The highest BCUT2D eigenvalue weighted by Crippen LogP contribution is 2.41. The van der Waals surface area contributed by atoms with Gasteiger partial charge in [-0.1, -0.05) is 24.4 Å². The first-order valence-electron chi connectivity index (χ1n) is 9.71. The molecule has 2 aliphatic rings. The van der Waals surface area contributed by atoms with E-state index in [1.54, 1.807) is 16.7 Å². The number of carbonyl (C=O) groups excluding carboxylic acids is 2. The maximum Gasteiger partial charge on any atom is 0.328 e. The van der Waals surface area contributed by atoms with Gasteiger partial charge in [0.1, 0.15) is 0 Å². The van der Waals surface area contributed by atoms with Gasteiger partial charge in [-0.3, -0.25) is 4.79 Å². The highest BCUT2D eigenvalue weighted by Gasteiger charge is 2.54. The molecule has 0 spiro atoms. The number of rotatable bonds is 12. The van der Waals surface area contributed by atoms with Gasteiger partial charge in [0.15, 0.2) is 0 Å². The molecule has 10 nitrogen and oxygen atoms in total.